The number of aliphatic carboxylic acids is 1. The molecule has 3 nitrogen and oxygen atoms in total. The summed E-state index contributed by atoms with van der Waals surface area (Å²) in [7, 11) is 0. The lowest BCUT2D eigenvalue weighted by Crippen LogP contribution is -2.54. The zero-order valence-electron chi connectivity index (χ0n) is 24.7. The van der Waals surface area contributed by atoms with Crippen LogP contribution in [0.4, 0.5) is 0 Å². The van der Waals surface area contributed by atoms with Crippen molar-refractivity contribution in [3.63, 3.8) is 0 Å². The van der Waals surface area contributed by atoms with Crippen LogP contribution in [0, 0.1) is 45.3 Å². The zero-order valence-corrected chi connectivity index (χ0v) is 24.7. The molecular weight excluding hydrogens is 444 g/mol. The average Bonchev–Trinajstić information content (AvgIpc) is 3.09. The molecule has 36 heavy (non-hydrogen) atoms. The quantitative estimate of drug-likeness (QED) is 0.360. The Kier molecular flexibility index (Phi) is 8.18. The second-order valence-corrected chi connectivity index (χ2v) is 13.7. The van der Waals surface area contributed by atoms with Crippen molar-refractivity contribution in [3.8, 4) is 0 Å². The van der Waals surface area contributed by atoms with Crippen LogP contribution in [-0.2, 0) is 4.79 Å². The molecule has 0 radical (unpaired) electrons. The Hall–Kier alpha value is -1.35. The molecule has 0 heterocycles. The van der Waals surface area contributed by atoms with E-state index in [1.165, 1.54) is 16.7 Å². The monoisotopic (exact) mass is 498 g/mol. The van der Waals surface area contributed by atoms with Crippen LogP contribution < -0.4 is 0 Å². The highest BCUT2D eigenvalue weighted by atomic mass is 16.4. The minimum atomic E-state index is -0.630. The van der Waals surface area contributed by atoms with Crippen LogP contribution in [0.15, 0.2) is 35.5 Å². The van der Waals surface area contributed by atoms with Gasteiger partial charge in [-0.25, -0.2) is 0 Å². The van der Waals surface area contributed by atoms with Crippen molar-refractivity contribution in [3.05, 3.63) is 35.5 Å². The molecule has 0 amide bonds. The van der Waals surface area contributed by atoms with E-state index in [2.05, 4.69) is 67.2 Å². The number of aliphatic hydroxyl groups is 1. The Bertz CT molecular complexity index is 923. The first-order valence-electron chi connectivity index (χ1n) is 14.7. The highest BCUT2D eigenvalue weighted by Gasteiger charge is 2.63. The highest BCUT2D eigenvalue weighted by Crippen LogP contribution is 2.71. The van der Waals surface area contributed by atoms with E-state index in [1.54, 1.807) is 0 Å². The summed E-state index contributed by atoms with van der Waals surface area (Å²) in [5.41, 5.74) is 4.16. The van der Waals surface area contributed by atoms with Crippen LogP contribution in [0.25, 0.3) is 0 Å². The molecule has 2 saturated carbocycles. The summed E-state index contributed by atoms with van der Waals surface area (Å²) in [6, 6.07) is 0. The lowest BCUT2D eigenvalue weighted by molar-refractivity contribution is -0.146. The first kappa shape index (κ1) is 29.2. The van der Waals surface area contributed by atoms with Crippen molar-refractivity contribution in [1.29, 1.82) is 0 Å². The first-order chi connectivity index (χ1) is 16.7. The maximum Gasteiger partial charge on any atom is 0.306 e. The van der Waals surface area contributed by atoms with Gasteiger partial charge in [0, 0.05) is 0 Å². The third-order valence-electron chi connectivity index (χ3n) is 11.7. The number of hydrogen-bond donors (Lipinski definition) is 2. The molecule has 0 aliphatic heterocycles. The Morgan fingerprint density at radius 1 is 1.06 bits per heavy atom. The molecule has 4 aliphatic rings. The third kappa shape index (κ3) is 4.26. The number of allylic oxidation sites excluding steroid dienone is 5. The van der Waals surface area contributed by atoms with Crippen LogP contribution >= 0.6 is 0 Å². The van der Waals surface area contributed by atoms with Crippen molar-refractivity contribution in [2.45, 2.75) is 120 Å². The largest absolute Gasteiger partial charge is 0.481 e. The Balaban J connectivity index is 0.00000176. The second-order valence-electron chi connectivity index (χ2n) is 13.7. The van der Waals surface area contributed by atoms with Crippen molar-refractivity contribution in [1.82, 2.24) is 0 Å². The van der Waals surface area contributed by atoms with Gasteiger partial charge in [0.1, 0.15) is 0 Å². The molecule has 204 valence electrons. The number of carboxylic acid groups (broad SMARTS) is 1. The second kappa shape index (κ2) is 10.1. The van der Waals surface area contributed by atoms with E-state index >= 15 is 0 Å². The summed E-state index contributed by atoms with van der Waals surface area (Å²) in [6.07, 6.45) is 12.2. The standard InChI is InChI=1S/C31H48O3.C2H6/c1-19(2)20(3)9-10-21(27(33)34)22-13-17-31(8)24-11-12-25-28(4,5)26(32)15-16-29(25,6)23(24)14-18-30(22,31)7;1-2/h11,14,19,21-22,25-26,32H,3,9-10,12-13,15-18H2,1-2,4-8H3,(H,33,34);1-2H3/t21-,22?,25+,26?,29?,30?,31+;/m1./s1. The smallest absolute Gasteiger partial charge is 0.306 e. The van der Waals surface area contributed by atoms with Crippen molar-refractivity contribution in [2.24, 2.45) is 45.3 Å². The van der Waals surface area contributed by atoms with E-state index < -0.39 is 5.97 Å². The van der Waals surface area contributed by atoms with E-state index in [4.69, 9.17) is 0 Å². The van der Waals surface area contributed by atoms with Gasteiger partial charge >= 0.3 is 5.97 Å². The summed E-state index contributed by atoms with van der Waals surface area (Å²) < 4.78 is 0. The van der Waals surface area contributed by atoms with Crippen molar-refractivity contribution < 1.29 is 15.0 Å². The molecule has 2 fully saturated rings. The van der Waals surface area contributed by atoms with Gasteiger partial charge in [0.2, 0.25) is 0 Å². The molecule has 4 rings (SSSR count). The lowest BCUT2D eigenvalue weighted by atomic mass is 9.44. The van der Waals surface area contributed by atoms with Crippen molar-refractivity contribution in [2.75, 3.05) is 0 Å². The molecule has 0 aromatic heterocycles. The molecule has 4 aliphatic carbocycles. The van der Waals surface area contributed by atoms with E-state index in [-0.39, 0.29) is 39.6 Å². The van der Waals surface area contributed by atoms with Gasteiger partial charge in [-0.15, -0.1) is 0 Å². The summed E-state index contributed by atoms with van der Waals surface area (Å²) in [4.78, 5) is 12.5. The van der Waals surface area contributed by atoms with Crippen LogP contribution in [0.1, 0.15) is 114 Å². The van der Waals surface area contributed by atoms with Gasteiger partial charge in [0.25, 0.3) is 0 Å². The molecule has 0 aromatic carbocycles. The van der Waals surface area contributed by atoms with Crippen LogP contribution in [0.5, 0.6) is 0 Å². The summed E-state index contributed by atoms with van der Waals surface area (Å²) >= 11 is 0. The molecule has 0 spiro atoms. The topological polar surface area (TPSA) is 57.5 Å². The van der Waals surface area contributed by atoms with E-state index in [0.29, 0.717) is 18.3 Å². The fourth-order valence-corrected chi connectivity index (χ4v) is 8.80. The summed E-state index contributed by atoms with van der Waals surface area (Å²) in [5, 5.41) is 21.1. The predicted molar refractivity (Wildman–Crippen MR) is 151 cm³/mol. The fourth-order valence-electron chi connectivity index (χ4n) is 8.80. The van der Waals surface area contributed by atoms with E-state index in [0.717, 1.165) is 44.9 Å². The molecule has 2 N–H and O–H groups in total. The van der Waals surface area contributed by atoms with Crippen LogP contribution in [0.2, 0.25) is 0 Å². The number of rotatable bonds is 6. The average molecular weight is 499 g/mol. The fraction of sp³-hybridized carbons (Fsp3) is 0.788. The first-order valence-corrected chi connectivity index (χ1v) is 14.7. The summed E-state index contributed by atoms with van der Waals surface area (Å²) in [5.74, 6) is 0.0861. The molecule has 0 saturated heterocycles. The molecular formula is C33H54O3. The molecule has 0 bridgehead atoms. The SMILES string of the molecule is C=C(CC[C@@H](C(=O)O)C1CC[C@@]2(C)C3=CC[C@@H]4C(C)(CCC(O)C4(C)C)C3=CCC12C)C(C)C.CC. The van der Waals surface area contributed by atoms with Gasteiger partial charge in [-0.05, 0) is 102 Å². The van der Waals surface area contributed by atoms with Gasteiger partial charge in [0.05, 0.1) is 12.0 Å². The molecule has 0 aromatic rings. The summed E-state index contributed by atoms with van der Waals surface area (Å²) in [6.45, 7) is 24.3. The predicted octanol–water partition coefficient (Wildman–Crippen LogP) is 8.59. The van der Waals surface area contributed by atoms with E-state index in [9.17, 15) is 15.0 Å². The minimum Gasteiger partial charge on any atom is -0.481 e. The molecule has 3 heteroatoms. The maximum atomic E-state index is 12.5. The van der Waals surface area contributed by atoms with Gasteiger partial charge in [-0.3, -0.25) is 4.79 Å². The maximum absolute atomic E-state index is 12.5. The highest BCUT2D eigenvalue weighted by molar-refractivity contribution is 5.71. The Labute approximate surface area is 221 Å². The number of carbonyl (C=O) groups is 1. The van der Waals surface area contributed by atoms with Crippen molar-refractivity contribution >= 4 is 5.97 Å². The lowest BCUT2D eigenvalue weighted by Gasteiger charge is -2.61. The van der Waals surface area contributed by atoms with Gasteiger partial charge < -0.3 is 10.2 Å². The number of aliphatic hydroxyl groups excluding tert-OH is 1. The Morgan fingerprint density at radius 2 is 1.69 bits per heavy atom. The van der Waals surface area contributed by atoms with Crippen LogP contribution in [0.3, 0.4) is 0 Å². The molecule has 7 atom stereocenters. The van der Waals surface area contributed by atoms with Gasteiger partial charge in [-0.1, -0.05) is 86.6 Å². The number of fused-ring (bicyclic) bond motifs is 5. The normalized spacial score (nSPS) is 39.5. The third-order valence-corrected chi connectivity index (χ3v) is 11.7. The van der Waals surface area contributed by atoms with Crippen LogP contribution in [-0.4, -0.2) is 22.3 Å². The molecule has 4 unspecified atom stereocenters. The zero-order chi connectivity index (χ0) is 27.3. The Morgan fingerprint density at radius 3 is 2.28 bits per heavy atom. The number of carboxylic acids is 1. The van der Waals surface area contributed by atoms with E-state index in [1.807, 2.05) is 13.8 Å². The number of hydrogen-bond acceptors (Lipinski definition) is 2. The van der Waals surface area contributed by atoms with Gasteiger partial charge in [-0.2, -0.15) is 0 Å². The minimum absolute atomic E-state index is 0.0126. The van der Waals surface area contributed by atoms with Gasteiger partial charge in [0.15, 0.2) is 0 Å².